The minimum absolute atomic E-state index is 0.239. The van der Waals surface area contributed by atoms with Crippen LogP contribution in [0.4, 0.5) is 10.8 Å². The summed E-state index contributed by atoms with van der Waals surface area (Å²) in [6.45, 7) is 2.16. The zero-order chi connectivity index (χ0) is 13.4. The van der Waals surface area contributed by atoms with Crippen LogP contribution in [0.3, 0.4) is 0 Å². The fraction of sp³-hybridized carbons (Fsp3) is 0.429. The molecule has 2 N–H and O–H groups in total. The molecule has 0 aliphatic heterocycles. The molecule has 1 aliphatic carbocycles. The van der Waals surface area contributed by atoms with Gasteiger partial charge < -0.3 is 10.6 Å². The maximum Gasteiger partial charge on any atom is 0.205 e. The molecule has 1 aromatic heterocycles. The van der Waals surface area contributed by atoms with E-state index in [2.05, 4.69) is 34.3 Å². The summed E-state index contributed by atoms with van der Waals surface area (Å²) in [5, 5.41) is 0.983. The number of rotatable bonds is 4. The minimum Gasteiger partial charge on any atom is -0.399 e. The van der Waals surface area contributed by atoms with E-state index in [1.165, 1.54) is 29.9 Å². The van der Waals surface area contributed by atoms with Gasteiger partial charge in [0.25, 0.3) is 0 Å². The van der Waals surface area contributed by atoms with Crippen LogP contribution >= 0.6 is 11.5 Å². The van der Waals surface area contributed by atoms with E-state index in [-0.39, 0.29) is 6.04 Å². The molecule has 1 heterocycles. The number of benzene rings is 1. The average molecular weight is 274 g/mol. The molecule has 1 saturated carbocycles. The van der Waals surface area contributed by atoms with Gasteiger partial charge in [0.1, 0.15) is 5.82 Å². The largest absolute Gasteiger partial charge is 0.399 e. The first-order valence-electron chi connectivity index (χ1n) is 6.57. The van der Waals surface area contributed by atoms with Crippen LogP contribution in [-0.4, -0.2) is 16.4 Å². The summed E-state index contributed by atoms with van der Waals surface area (Å²) >= 11 is 1.49. The standard InChI is InChI=1S/C14H18N4S/c1-9(11-4-3-5-12(15)8-11)18(2)14-16-13(17-19-14)10-6-7-10/h3-5,8-10H,6-7,15H2,1-2H3. The topological polar surface area (TPSA) is 55.0 Å². The fourth-order valence-electron chi connectivity index (χ4n) is 2.09. The molecule has 1 unspecified atom stereocenters. The molecular weight excluding hydrogens is 256 g/mol. The highest BCUT2D eigenvalue weighted by Gasteiger charge is 2.28. The Bertz CT molecular complexity index is 576. The lowest BCUT2D eigenvalue weighted by Gasteiger charge is -2.24. The molecule has 1 atom stereocenters. The van der Waals surface area contributed by atoms with Gasteiger partial charge in [-0.05, 0) is 37.5 Å². The Balaban J connectivity index is 1.79. The molecule has 1 aromatic carbocycles. The molecule has 0 saturated heterocycles. The number of nitrogens with two attached hydrogens (primary N) is 1. The molecule has 0 bridgehead atoms. The van der Waals surface area contributed by atoms with Gasteiger partial charge in [-0.1, -0.05) is 12.1 Å². The molecule has 5 heteroatoms. The second-order valence-corrected chi connectivity index (χ2v) is 5.90. The van der Waals surface area contributed by atoms with Crippen LogP contribution in [-0.2, 0) is 0 Å². The van der Waals surface area contributed by atoms with Crippen molar-refractivity contribution in [2.45, 2.75) is 31.7 Å². The highest BCUT2D eigenvalue weighted by molar-refractivity contribution is 7.09. The Kier molecular flexibility index (Phi) is 3.14. The van der Waals surface area contributed by atoms with Crippen LogP contribution in [0.1, 0.15) is 43.1 Å². The van der Waals surface area contributed by atoms with Crippen molar-refractivity contribution >= 4 is 22.4 Å². The third-order valence-electron chi connectivity index (χ3n) is 3.65. The van der Waals surface area contributed by atoms with Crippen molar-refractivity contribution in [2.24, 2.45) is 0 Å². The first kappa shape index (κ1) is 12.4. The van der Waals surface area contributed by atoms with Crippen LogP contribution < -0.4 is 10.6 Å². The van der Waals surface area contributed by atoms with Gasteiger partial charge in [0.05, 0.1) is 6.04 Å². The van der Waals surface area contributed by atoms with E-state index < -0.39 is 0 Å². The number of nitrogens with zero attached hydrogens (tertiary/aromatic N) is 3. The van der Waals surface area contributed by atoms with Gasteiger partial charge >= 0.3 is 0 Å². The smallest absolute Gasteiger partial charge is 0.205 e. The van der Waals surface area contributed by atoms with Gasteiger partial charge in [-0.2, -0.15) is 4.37 Å². The number of hydrogen-bond acceptors (Lipinski definition) is 5. The molecule has 2 aromatic rings. The van der Waals surface area contributed by atoms with Crippen LogP contribution in [0.2, 0.25) is 0 Å². The summed E-state index contributed by atoms with van der Waals surface area (Å²) in [4.78, 5) is 6.81. The van der Waals surface area contributed by atoms with Crippen LogP contribution in [0.15, 0.2) is 24.3 Å². The Hall–Kier alpha value is -1.62. The van der Waals surface area contributed by atoms with Gasteiger partial charge in [-0.25, -0.2) is 4.98 Å². The lowest BCUT2D eigenvalue weighted by Crippen LogP contribution is -2.21. The zero-order valence-corrected chi connectivity index (χ0v) is 12.0. The maximum absolute atomic E-state index is 5.84. The van der Waals surface area contributed by atoms with E-state index in [0.29, 0.717) is 5.92 Å². The molecule has 0 amide bonds. The van der Waals surface area contributed by atoms with Gasteiger partial charge in [0, 0.05) is 30.2 Å². The van der Waals surface area contributed by atoms with Crippen LogP contribution in [0.5, 0.6) is 0 Å². The molecule has 1 aliphatic rings. The Morgan fingerprint density at radius 3 is 2.89 bits per heavy atom. The van der Waals surface area contributed by atoms with Crippen molar-refractivity contribution in [3.63, 3.8) is 0 Å². The summed E-state index contributed by atoms with van der Waals surface area (Å²) in [5.74, 6) is 1.63. The third kappa shape index (κ3) is 2.56. The first-order chi connectivity index (χ1) is 9.15. The Labute approximate surface area is 117 Å². The number of hydrogen-bond donors (Lipinski definition) is 1. The SMILES string of the molecule is CC(c1cccc(N)c1)N(C)c1nc(C2CC2)ns1. The predicted octanol–water partition coefficient (Wildman–Crippen LogP) is 3.20. The second-order valence-electron chi connectivity index (χ2n) is 5.17. The normalized spacial score (nSPS) is 16.3. The average Bonchev–Trinajstić information content (AvgIpc) is 3.15. The lowest BCUT2D eigenvalue weighted by atomic mass is 10.1. The highest BCUT2D eigenvalue weighted by Crippen LogP contribution is 2.40. The van der Waals surface area contributed by atoms with Crippen molar-refractivity contribution in [1.29, 1.82) is 0 Å². The summed E-state index contributed by atoms with van der Waals surface area (Å²) in [7, 11) is 2.06. The van der Waals surface area contributed by atoms with Crippen molar-refractivity contribution in [1.82, 2.24) is 9.36 Å². The molecule has 3 rings (SSSR count). The monoisotopic (exact) mass is 274 g/mol. The predicted molar refractivity (Wildman–Crippen MR) is 79.6 cm³/mol. The molecule has 4 nitrogen and oxygen atoms in total. The van der Waals surface area contributed by atoms with E-state index >= 15 is 0 Å². The van der Waals surface area contributed by atoms with E-state index in [1.54, 1.807) is 0 Å². The van der Waals surface area contributed by atoms with Crippen molar-refractivity contribution in [3.05, 3.63) is 35.7 Å². The Morgan fingerprint density at radius 2 is 2.21 bits per heavy atom. The van der Waals surface area contributed by atoms with Gasteiger partial charge in [-0.15, -0.1) is 0 Å². The number of aromatic nitrogens is 2. The summed E-state index contributed by atoms with van der Waals surface area (Å²) in [6.07, 6.45) is 2.48. The maximum atomic E-state index is 5.84. The van der Waals surface area contributed by atoms with Crippen molar-refractivity contribution in [2.75, 3.05) is 17.7 Å². The summed E-state index contributed by atoms with van der Waals surface area (Å²) in [5.41, 5.74) is 7.84. The molecule has 100 valence electrons. The van der Waals surface area contributed by atoms with E-state index in [9.17, 15) is 0 Å². The van der Waals surface area contributed by atoms with Gasteiger partial charge in [0.2, 0.25) is 5.13 Å². The lowest BCUT2D eigenvalue weighted by molar-refractivity contribution is 0.734. The third-order valence-corrected chi connectivity index (χ3v) is 4.47. The van der Waals surface area contributed by atoms with Crippen LogP contribution in [0, 0.1) is 0 Å². The van der Waals surface area contributed by atoms with Gasteiger partial charge in [-0.3, -0.25) is 0 Å². The van der Waals surface area contributed by atoms with E-state index in [1.807, 2.05) is 18.2 Å². The molecule has 19 heavy (non-hydrogen) atoms. The highest BCUT2D eigenvalue weighted by atomic mass is 32.1. The van der Waals surface area contributed by atoms with E-state index in [4.69, 9.17) is 5.73 Å². The van der Waals surface area contributed by atoms with Crippen LogP contribution in [0.25, 0.3) is 0 Å². The van der Waals surface area contributed by atoms with Crippen molar-refractivity contribution < 1.29 is 0 Å². The van der Waals surface area contributed by atoms with E-state index in [0.717, 1.165) is 16.6 Å². The Morgan fingerprint density at radius 1 is 1.42 bits per heavy atom. The second kappa shape index (κ2) is 4.81. The van der Waals surface area contributed by atoms with Crippen molar-refractivity contribution in [3.8, 4) is 0 Å². The minimum atomic E-state index is 0.239. The number of anilines is 2. The first-order valence-corrected chi connectivity index (χ1v) is 7.34. The fourth-order valence-corrected chi connectivity index (χ4v) is 2.87. The zero-order valence-electron chi connectivity index (χ0n) is 11.2. The summed E-state index contributed by atoms with van der Waals surface area (Å²) in [6, 6.07) is 8.25. The molecule has 0 radical (unpaired) electrons. The number of nitrogen functional groups attached to an aromatic ring is 1. The molecular formula is C14H18N4S. The quantitative estimate of drug-likeness (QED) is 0.870. The summed E-state index contributed by atoms with van der Waals surface area (Å²) < 4.78 is 4.46. The van der Waals surface area contributed by atoms with Gasteiger partial charge in [0.15, 0.2) is 0 Å². The molecule has 0 spiro atoms. The molecule has 1 fully saturated rings.